The van der Waals surface area contributed by atoms with E-state index in [9.17, 15) is 13.2 Å². The Labute approximate surface area is 197 Å². The largest absolute Gasteiger partial charge is 0.493 e. The molecule has 2 aromatic rings. The minimum Gasteiger partial charge on any atom is -0.493 e. The zero-order chi connectivity index (χ0) is 24.6. The molecule has 2 rings (SSSR count). The third-order valence-electron chi connectivity index (χ3n) is 5.15. The lowest BCUT2D eigenvalue weighted by Gasteiger charge is -2.28. The normalized spacial score (nSPS) is 11.4. The van der Waals surface area contributed by atoms with Gasteiger partial charge in [0.05, 0.1) is 19.4 Å². The van der Waals surface area contributed by atoms with Crippen LogP contribution < -0.4 is 19.1 Å². The molecule has 182 valence electrons. The summed E-state index contributed by atoms with van der Waals surface area (Å²) in [5.74, 6) is 1.02. The summed E-state index contributed by atoms with van der Waals surface area (Å²) in [5, 5.41) is 2.84. The summed E-state index contributed by atoms with van der Waals surface area (Å²) in [4.78, 5) is 12.6. The highest BCUT2D eigenvalue weighted by Crippen LogP contribution is 2.28. The molecule has 0 atom stereocenters. The van der Waals surface area contributed by atoms with Crippen LogP contribution in [0, 0.1) is 13.8 Å². The number of carbonyl (C=O) groups is 1. The van der Waals surface area contributed by atoms with E-state index in [0.717, 1.165) is 31.7 Å². The number of hydrogen-bond acceptors (Lipinski definition) is 5. The van der Waals surface area contributed by atoms with Crippen LogP contribution in [-0.4, -0.2) is 59.5 Å². The van der Waals surface area contributed by atoms with Crippen LogP contribution in [0.25, 0.3) is 0 Å². The molecule has 0 spiro atoms. The molecule has 0 aromatic heterocycles. The van der Waals surface area contributed by atoms with Crippen LogP contribution in [0.4, 0.5) is 5.69 Å². The Morgan fingerprint density at radius 2 is 1.79 bits per heavy atom. The molecule has 33 heavy (non-hydrogen) atoms. The summed E-state index contributed by atoms with van der Waals surface area (Å²) in [6.07, 6.45) is 1.44. The average molecular weight is 478 g/mol. The molecule has 1 amide bonds. The van der Waals surface area contributed by atoms with Crippen LogP contribution in [0.5, 0.6) is 11.5 Å². The molecule has 0 bridgehead atoms. The van der Waals surface area contributed by atoms with E-state index in [1.807, 2.05) is 51.1 Å². The van der Waals surface area contributed by atoms with Crippen molar-refractivity contribution in [1.29, 1.82) is 0 Å². The second-order valence-corrected chi connectivity index (χ2v) is 10.0. The van der Waals surface area contributed by atoms with Gasteiger partial charge < -0.3 is 14.8 Å². The van der Waals surface area contributed by atoms with Crippen molar-refractivity contribution < 1.29 is 22.7 Å². The van der Waals surface area contributed by atoms with Crippen LogP contribution in [0.15, 0.2) is 36.4 Å². The number of ether oxygens (including phenoxy) is 2. The summed E-state index contributed by atoms with van der Waals surface area (Å²) in [5.41, 5.74) is 3.26. The number of anilines is 1. The van der Waals surface area contributed by atoms with E-state index < -0.39 is 10.2 Å². The molecule has 8 nitrogen and oxygen atoms in total. The fourth-order valence-electron chi connectivity index (χ4n) is 3.33. The minimum atomic E-state index is -3.84. The lowest BCUT2D eigenvalue weighted by atomic mass is 10.1. The van der Waals surface area contributed by atoms with Gasteiger partial charge in [0.2, 0.25) is 5.91 Å². The van der Waals surface area contributed by atoms with Gasteiger partial charge >= 0.3 is 10.2 Å². The first-order valence-corrected chi connectivity index (χ1v) is 12.3. The van der Waals surface area contributed by atoms with Crippen molar-refractivity contribution in [2.45, 2.75) is 33.6 Å². The Morgan fingerprint density at radius 3 is 2.42 bits per heavy atom. The van der Waals surface area contributed by atoms with Gasteiger partial charge in [-0.2, -0.15) is 12.7 Å². The van der Waals surface area contributed by atoms with E-state index in [0.29, 0.717) is 36.8 Å². The van der Waals surface area contributed by atoms with Crippen LogP contribution in [0.3, 0.4) is 0 Å². The SMILES string of the molecule is CCOc1ccc(CCCNC(=O)CN(c2cc(C)ccc2C)S(=O)(=O)N(C)C)cc1OC. The summed E-state index contributed by atoms with van der Waals surface area (Å²) >= 11 is 0. The monoisotopic (exact) mass is 477 g/mol. The maximum Gasteiger partial charge on any atom is 0.304 e. The second-order valence-electron chi connectivity index (χ2n) is 7.96. The Morgan fingerprint density at radius 1 is 1.06 bits per heavy atom. The highest BCUT2D eigenvalue weighted by molar-refractivity contribution is 7.90. The predicted molar refractivity (Wildman–Crippen MR) is 131 cm³/mol. The first-order chi connectivity index (χ1) is 15.6. The summed E-state index contributed by atoms with van der Waals surface area (Å²) < 4.78 is 39.0. The van der Waals surface area contributed by atoms with Crippen LogP contribution in [0.1, 0.15) is 30.0 Å². The molecule has 1 N–H and O–H groups in total. The number of carbonyl (C=O) groups excluding carboxylic acids is 1. The van der Waals surface area contributed by atoms with Crippen molar-refractivity contribution in [3.05, 3.63) is 53.1 Å². The lowest BCUT2D eigenvalue weighted by molar-refractivity contribution is -0.119. The zero-order valence-electron chi connectivity index (χ0n) is 20.3. The van der Waals surface area contributed by atoms with Gasteiger partial charge in [-0.25, -0.2) is 4.31 Å². The molecule has 2 aromatic carbocycles. The first-order valence-electron chi connectivity index (χ1n) is 10.9. The maximum atomic E-state index is 12.9. The molecule has 0 aliphatic rings. The van der Waals surface area contributed by atoms with Gasteiger partial charge in [-0.1, -0.05) is 18.2 Å². The fourth-order valence-corrected chi connectivity index (χ4v) is 4.45. The third kappa shape index (κ3) is 7.10. The Balaban J connectivity index is 2.01. The number of nitrogens with zero attached hydrogens (tertiary/aromatic N) is 2. The topological polar surface area (TPSA) is 88.2 Å². The predicted octanol–water partition coefficient (Wildman–Crippen LogP) is 3.07. The molecule has 0 unspecified atom stereocenters. The van der Waals surface area contributed by atoms with Gasteiger partial charge in [-0.15, -0.1) is 0 Å². The van der Waals surface area contributed by atoms with Crippen molar-refractivity contribution in [1.82, 2.24) is 9.62 Å². The number of aryl methyl sites for hydroxylation is 3. The number of benzene rings is 2. The van der Waals surface area contributed by atoms with Crippen LogP contribution in [0.2, 0.25) is 0 Å². The van der Waals surface area contributed by atoms with Crippen LogP contribution >= 0.6 is 0 Å². The molecule has 0 saturated carbocycles. The van der Waals surface area contributed by atoms with E-state index in [4.69, 9.17) is 9.47 Å². The molecule has 0 aliphatic heterocycles. The summed E-state index contributed by atoms with van der Waals surface area (Å²) in [6.45, 7) is 6.33. The van der Waals surface area contributed by atoms with Gasteiger partial charge in [-0.3, -0.25) is 4.79 Å². The number of nitrogens with one attached hydrogen (secondary N) is 1. The van der Waals surface area contributed by atoms with Crippen molar-refractivity contribution in [2.75, 3.05) is 45.2 Å². The molecule has 0 aliphatic carbocycles. The molecule has 0 heterocycles. The summed E-state index contributed by atoms with van der Waals surface area (Å²) in [6, 6.07) is 11.3. The number of methoxy groups -OCH3 is 1. The maximum absolute atomic E-state index is 12.9. The Hall–Kier alpha value is -2.78. The van der Waals surface area contributed by atoms with Crippen molar-refractivity contribution in [2.24, 2.45) is 0 Å². The van der Waals surface area contributed by atoms with E-state index >= 15 is 0 Å². The smallest absolute Gasteiger partial charge is 0.304 e. The minimum absolute atomic E-state index is 0.290. The van der Waals surface area contributed by atoms with Gasteiger partial charge in [0.25, 0.3) is 0 Å². The van der Waals surface area contributed by atoms with Gasteiger partial charge in [0, 0.05) is 20.6 Å². The molecule has 0 radical (unpaired) electrons. The van der Waals surface area contributed by atoms with E-state index in [1.165, 1.54) is 14.1 Å². The van der Waals surface area contributed by atoms with E-state index in [1.54, 1.807) is 13.2 Å². The number of hydrogen-bond donors (Lipinski definition) is 1. The van der Waals surface area contributed by atoms with Gasteiger partial charge in [0.1, 0.15) is 6.54 Å². The highest BCUT2D eigenvalue weighted by Gasteiger charge is 2.28. The Kier molecular flexibility index (Phi) is 9.55. The van der Waals surface area contributed by atoms with Crippen LogP contribution in [-0.2, 0) is 21.4 Å². The van der Waals surface area contributed by atoms with E-state index in [-0.39, 0.29) is 12.5 Å². The van der Waals surface area contributed by atoms with Crippen molar-refractivity contribution >= 4 is 21.8 Å². The quantitative estimate of drug-likeness (QED) is 0.475. The van der Waals surface area contributed by atoms with Crippen molar-refractivity contribution in [3.8, 4) is 11.5 Å². The Bertz CT molecular complexity index is 1050. The number of rotatable bonds is 12. The molecule has 0 saturated heterocycles. The van der Waals surface area contributed by atoms with Gasteiger partial charge in [0.15, 0.2) is 11.5 Å². The van der Waals surface area contributed by atoms with E-state index in [2.05, 4.69) is 5.32 Å². The average Bonchev–Trinajstić information content (AvgIpc) is 2.77. The van der Waals surface area contributed by atoms with Crippen molar-refractivity contribution in [3.63, 3.8) is 0 Å². The van der Waals surface area contributed by atoms with Gasteiger partial charge in [-0.05, 0) is 68.5 Å². The zero-order valence-corrected chi connectivity index (χ0v) is 21.2. The molecule has 0 fully saturated rings. The summed E-state index contributed by atoms with van der Waals surface area (Å²) in [7, 11) is 0.676. The fraction of sp³-hybridized carbons (Fsp3) is 0.458. The number of amides is 1. The molecular formula is C24H35N3O5S. The highest BCUT2D eigenvalue weighted by atomic mass is 32.2. The third-order valence-corrected chi connectivity index (χ3v) is 6.96. The lowest BCUT2D eigenvalue weighted by Crippen LogP contribution is -2.46. The standard InChI is InChI=1S/C24H35N3O5S/c1-7-32-22-13-12-20(16-23(22)31-6)9-8-14-25-24(28)17-27(33(29,30)26(4)5)21-15-18(2)10-11-19(21)3/h10-13,15-16H,7-9,14,17H2,1-6H3,(H,25,28). The second kappa shape index (κ2) is 11.9. The first kappa shape index (κ1) is 26.5. The molecular weight excluding hydrogens is 442 g/mol. The molecule has 9 heteroatoms.